The standard InChI is InChI=1S/C16H14BrN3O3S/c1-8(18-16(22)13-5-6-14(17)24-13)15(21)20-10-3-4-12-11(7-10)19-9(2)23-12/h3-8H,1-2H3,(H,18,22)(H,20,21). The van der Waals surface area contributed by atoms with Crippen LogP contribution in [0.15, 0.2) is 38.5 Å². The molecule has 0 aliphatic carbocycles. The number of benzene rings is 1. The van der Waals surface area contributed by atoms with Crippen molar-refractivity contribution in [3.8, 4) is 0 Å². The molecule has 0 bridgehead atoms. The summed E-state index contributed by atoms with van der Waals surface area (Å²) in [5.41, 5.74) is 1.93. The summed E-state index contributed by atoms with van der Waals surface area (Å²) in [4.78, 5) is 29.1. The predicted molar refractivity (Wildman–Crippen MR) is 96.3 cm³/mol. The number of fused-ring (bicyclic) bond motifs is 1. The Morgan fingerprint density at radius 2 is 2.08 bits per heavy atom. The van der Waals surface area contributed by atoms with E-state index in [9.17, 15) is 9.59 Å². The maximum atomic E-state index is 12.3. The first-order chi connectivity index (χ1) is 11.4. The van der Waals surface area contributed by atoms with E-state index in [1.54, 1.807) is 44.2 Å². The molecule has 3 aromatic rings. The molecule has 1 atom stereocenters. The molecule has 2 amide bonds. The van der Waals surface area contributed by atoms with Gasteiger partial charge in [-0.1, -0.05) is 0 Å². The molecule has 1 unspecified atom stereocenters. The van der Waals surface area contributed by atoms with E-state index >= 15 is 0 Å². The number of halogens is 1. The molecule has 2 N–H and O–H groups in total. The molecular formula is C16H14BrN3O3S. The minimum absolute atomic E-state index is 0.282. The number of aryl methyl sites for hydroxylation is 1. The van der Waals surface area contributed by atoms with E-state index in [4.69, 9.17) is 4.42 Å². The van der Waals surface area contributed by atoms with Crippen molar-refractivity contribution in [2.45, 2.75) is 19.9 Å². The van der Waals surface area contributed by atoms with E-state index in [1.807, 2.05) is 0 Å². The zero-order valence-corrected chi connectivity index (χ0v) is 15.3. The molecule has 2 aromatic heterocycles. The summed E-state index contributed by atoms with van der Waals surface area (Å²) in [6.07, 6.45) is 0. The predicted octanol–water partition coefficient (Wildman–Crippen LogP) is 3.72. The van der Waals surface area contributed by atoms with Gasteiger partial charge in [0.15, 0.2) is 11.5 Å². The zero-order chi connectivity index (χ0) is 17.3. The quantitative estimate of drug-likeness (QED) is 0.689. The molecule has 0 radical (unpaired) electrons. The van der Waals surface area contributed by atoms with Gasteiger partial charge in [-0.3, -0.25) is 9.59 Å². The summed E-state index contributed by atoms with van der Waals surface area (Å²) < 4.78 is 6.26. The Labute approximate surface area is 150 Å². The second-order valence-corrected chi connectivity index (χ2v) is 7.67. The number of amides is 2. The van der Waals surface area contributed by atoms with Crippen molar-refractivity contribution in [3.05, 3.63) is 44.9 Å². The van der Waals surface area contributed by atoms with Crippen LogP contribution in [0.1, 0.15) is 22.5 Å². The summed E-state index contributed by atoms with van der Waals surface area (Å²) in [6, 6.07) is 8.03. The van der Waals surface area contributed by atoms with Crippen LogP contribution in [0.5, 0.6) is 0 Å². The van der Waals surface area contributed by atoms with Gasteiger partial charge < -0.3 is 15.1 Å². The van der Waals surface area contributed by atoms with Gasteiger partial charge in [-0.15, -0.1) is 11.3 Å². The fraction of sp³-hybridized carbons (Fsp3) is 0.188. The van der Waals surface area contributed by atoms with Crippen LogP contribution >= 0.6 is 27.3 Å². The van der Waals surface area contributed by atoms with Crippen LogP contribution in [-0.2, 0) is 4.79 Å². The highest BCUT2D eigenvalue weighted by atomic mass is 79.9. The smallest absolute Gasteiger partial charge is 0.262 e. The Morgan fingerprint density at radius 1 is 1.29 bits per heavy atom. The van der Waals surface area contributed by atoms with Crippen LogP contribution in [0.25, 0.3) is 11.1 Å². The van der Waals surface area contributed by atoms with Crippen molar-refractivity contribution in [3.63, 3.8) is 0 Å². The fourth-order valence-electron chi connectivity index (χ4n) is 2.14. The summed E-state index contributed by atoms with van der Waals surface area (Å²) in [7, 11) is 0. The molecule has 0 aliphatic heterocycles. The molecule has 0 saturated carbocycles. The first-order valence-electron chi connectivity index (χ1n) is 7.16. The highest BCUT2D eigenvalue weighted by Crippen LogP contribution is 2.22. The van der Waals surface area contributed by atoms with Gasteiger partial charge >= 0.3 is 0 Å². The number of nitrogens with zero attached hydrogens (tertiary/aromatic N) is 1. The molecule has 1 aromatic carbocycles. The first-order valence-corrected chi connectivity index (χ1v) is 8.77. The maximum Gasteiger partial charge on any atom is 0.262 e. The second-order valence-electron chi connectivity index (χ2n) is 5.20. The van der Waals surface area contributed by atoms with Gasteiger partial charge in [0, 0.05) is 12.6 Å². The molecule has 2 heterocycles. The molecule has 0 saturated heterocycles. The third-order valence-electron chi connectivity index (χ3n) is 3.30. The topological polar surface area (TPSA) is 84.2 Å². The van der Waals surface area contributed by atoms with Crippen LogP contribution < -0.4 is 10.6 Å². The highest BCUT2D eigenvalue weighted by molar-refractivity contribution is 9.11. The summed E-state index contributed by atoms with van der Waals surface area (Å²) in [6.45, 7) is 3.40. The molecule has 3 rings (SSSR count). The molecule has 0 spiro atoms. The van der Waals surface area contributed by atoms with Crippen LogP contribution in [-0.4, -0.2) is 22.8 Å². The monoisotopic (exact) mass is 407 g/mol. The third-order valence-corrected chi connectivity index (χ3v) is 4.92. The Balaban J connectivity index is 1.65. The summed E-state index contributed by atoms with van der Waals surface area (Å²) in [5.74, 6) is -0.0225. The molecule has 124 valence electrons. The molecule has 0 aliphatic rings. The van der Waals surface area contributed by atoms with Gasteiger partial charge in [0.1, 0.15) is 11.6 Å². The van der Waals surface area contributed by atoms with E-state index in [0.29, 0.717) is 27.6 Å². The number of carbonyl (C=O) groups excluding carboxylic acids is 2. The van der Waals surface area contributed by atoms with Gasteiger partial charge in [-0.2, -0.15) is 0 Å². The number of hydrogen-bond acceptors (Lipinski definition) is 5. The summed E-state index contributed by atoms with van der Waals surface area (Å²) in [5, 5.41) is 5.44. The largest absolute Gasteiger partial charge is 0.441 e. The number of oxazole rings is 1. The van der Waals surface area contributed by atoms with Gasteiger partial charge in [0.25, 0.3) is 5.91 Å². The maximum absolute atomic E-state index is 12.3. The zero-order valence-electron chi connectivity index (χ0n) is 12.9. The van der Waals surface area contributed by atoms with Gasteiger partial charge in [0.05, 0.1) is 8.66 Å². The second kappa shape index (κ2) is 6.74. The van der Waals surface area contributed by atoms with Crippen molar-refractivity contribution < 1.29 is 14.0 Å². The summed E-state index contributed by atoms with van der Waals surface area (Å²) >= 11 is 4.62. The fourth-order valence-corrected chi connectivity index (χ4v) is 3.43. The lowest BCUT2D eigenvalue weighted by Crippen LogP contribution is -2.41. The van der Waals surface area contributed by atoms with Gasteiger partial charge in [0.2, 0.25) is 5.91 Å². The number of aromatic nitrogens is 1. The van der Waals surface area contributed by atoms with Crippen molar-refractivity contribution >= 4 is 55.9 Å². The normalized spacial score (nSPS) is 12.1. The number of rotatable bonds is 4. The average Bonchev–Trinajstić information content (AvgIpc) is 3.11. The highest BCUT2D eigenvalue weighted by Gasteiger charge is 2.18. The van der Waals surface area contributed by atoms with E-state index in [2.05, 4.69) is 31.5 Å². The number of carbonyl (C=O) groups is 2. The lowest BCUT2D eigenvalue weighted by molar-refractivity contribution is -0.117. The minimum atomic E-state index is -0.673. The Morgan fingerprint density at radius 3 is 2.79 bits per heavy atom. The minimum Gasteiger partial charge on any atom is -0.441 e. The van der Waals surface area contributed by atoms with Crippen molar-refractivity contribution in [2.75, 3.05) is 5.32 Å². The van der Waals surface area contributed by atoms with E-state index in [1.165, 1.54) is 11.3 Å². The lowest BCUT2D eigenvalue weighted by Gasteiger charge is -2.13. The Hall–Kier alpha value is -2.19. The average molecular weight is 408 g/mol. The van der Waals surface area contributed by atoms with Crippen LogP contribution in [0.2, 0.25) is 0 Å². The van der Waals surface area contributed by atoms with Crippen molar-refractivity contribution in [1.29, 1.82) is 0 Å². The van der Waals surface area contributed by atoms with Crippen LogP contribution in [0, 0.1) is 6.92 Å². The van der Waals surface area contributed by atoms with Crippen LogP contribution in [0.3, 0.4) is 0 Å². The SMILES string of the molecule is Cc1nc2cc(NC(=O)C(C)NC(=O)c3ccc(Br)s3)ccc2o1. The molecule has 24 heavy (non-hydrogen) atoms. The Kier molecular flexibility index (Phi) is 4.68. The van der Waals surface area contributed by atoms with E-state index in [-0.39, 0.29) is 11.8 Å². The third kappa shape index (κ3) is 3.65. The van der Waals surface area contributed by atoms with Gasteiger partial charge in [-0.05, 0) is 53.2 Å². The molecular weight excluding hydrogens is 394 g/mol. The lowest BCUT2D eigenvalue weighted by atomic mass is 10.2. The van der Waals surface area contributed by atoms with E-state index < -0.39 is 6.04 Å². The van der Waals surface area contributed by atoms with Crippen LogP contribution in [0.4, 0.5) is 5.69 Å². The molecule has 6 nitrogen and oxygen atoms in total. The number of nitrogens with one attached hydrogen (secondary N) is 2. The van der Waals surface area contributed by atoms with Crippen molar-refractivity contribution in [1.82, 2.24) is 10.3 Å². The first kappa shape index (κ1) is 16.7. The van der Waals surface area contributed by atoms with E-state index in [0.717, 1.165) is 3.79 Å². The van der Waals surface area contributed by atoms with Gasteiger partial charge in [-0.25, -0.2) is 4.98 Å². The number of anilines is 1. The Bertz CT molecular complexity index is 918. The van der Waals surface area contributed by atoms with Crippen molar-refractivity contribution in [2.24, 2.45) is 0 Å². The molecule has 0 fully saturated rings. The number of thiophene rings is 1. The molecule has 8 heteroatoms. The number of hydrogen-bond donors (Lipinski definition) is 2.